The van der Waals surface area contributed by atoms with Gasteiger partial charge in [-0.3, -0.25) is 0 Å². The summed E-state index contributed by atoms with van der Waals surface area (Å²) in [6.45, 7) is -1.88. The van der Waals surface area contributed by atoms with E-state index in [1.54, 1.807) is 0 Å². The Labute approximate surface area is 345 Å². The third-order valence-electron chi connectivity index (χ3n) is 2.71. The van der Waals surface area contributed by atoms with Crippen LogP contribution < -0.4 is 0 Å². The maximum atomic E-state index is 8.40. The zero-order chi connectivity index (χ0) is 34.9. The first-order valence-electron chi connectivity index (χ1n) is 11.6. The molecule has 0 aromatic rings. The predicted octanol–water partition coefficient (Wildman–Crippen LogP) is -3.74. The lowest BCUT2D eigenvalue weighted by Crippen LogP contribution is -2.15. The average molecular weight is 974 g/mol. The van der Waals surface area contributed by atoms with E-state index in [0.717, 1.165) is 0 Å². The molecule has 0 radical (unpaired) electrons. The van der Waals surface area contributed by atoms with E-state index < -0.39 is 35.2 Å². The fourth-order valence-corrected chi connectivity index (χ4v) is 0.984. The Bertz CT molecular complexity index is 308. The van der Waals surface area contributed by atoms with Crippen LogP contribution in [0.2, 0.25) is 0 Å². The van der Waals surface area contributed by atoms with E-state index in [1.807, 2.05) is 0 Å². The number of aliphatic hydroxyl groups excluding tert-OH is 13. The molecule has 0 saturated carbocycles. The van der Waals surface area contributed by atoms with Gasteiger partial charge >= 0.3 is 0 Å². The Kier molecular flexibility index (Phi) is 168. The average Bonchev–Trinajstić information content (AvgIpc) is 3.06. The van der Waals surface area contributed by atoms with Crippen LogP contribution in [0.25, 0.3) is 0 Å². The highest BCUT2D eigenvalue weighted by atomic mass is 35.5. The molecule has 49 heavy (non-hydrogen) atoms. The number of aliphatic hydroxyl groups is 13. The molecule has 0 spiro atoms. The first kappa shape index (κ1) is 93.4. The van der Waals surface area contributed by atoms with Crippen molar-refractivity contribution in [3.8, 4) is 0 Å². The molecule has 0 bridgehead atoms. The molecule has 0 aliphatic carbocycles. The van der Waals surface area contributed by atoms with Crippen LogP contribution in [0.5, 0.6) is 0 Å². The van der Waals surface area contributed by atoms with Gasteiger partial charge in [-0.05, 0) is 0 Å². The first-order valence-corrected chi connectivity index (χ1v) is 15.6. The highest BCUT2D eigenvalue weighted by Gasteiger charge is 1.97. The minimum Gasteiger partial charge on any atom is -0.412 e. The van der Waals surface area contributed by atoms with Crippen LogP contribution in [-0.4, -0.2) is 218 Å². The second kappa shape index (κ2) is 88.0. The van der Waals surface area contributed by atoms with Gasteiger partial charge in [0.2, 0.25) is 0 Å². The van der Waals surface area contributed by atoms with Gasteiger partial charge in [0, 0.05) is 17.6 Å². The van der Waals surface area contributed by atoms with Gasteiger partial charge in [-0.15, -0.1) is 130 Å². The van der Waals surface area contributed by atoms with Crippen molar-refractivity contribution in [2.45, 2.75) is 40.5 Å². The molecule has 0 aliphatic rings. The Morgan fingerprint density at radius 1 is 0.286 bits per heavy atom. The van der Waals surface area contributed by atoms with Crippen molar-refractivity contribution in [3.63, 3.8) is 0 Å². The Balaban J connectivity index is -0.0000000237. The SMILES string of the molecule is Cl.Cl.Cl.O.O.O.O.OC(CCl)CCl.OCC(Cl)CCl.OCC(Cl)CO.OCC(Cl)CO.OCC(O)CCl.OCC(O)CCl.OCC(O)CO. The van der Waals surface area contributed by atoms with Gasteiger partial charge in [0.05, 0.1) is 106 Å². The molecule has 0 amide bonds. The van der Waals surface area contributed by atoms with Gasteiger partial charge in [-0.1, -0.05) is 0 Å². The van der Waals surface area contributed by atoms with Crippen LogP contribution in [0.4, 0.5) is 0 Å². The molecule has 3 unspecified atom stereocenters. The Morgan fingerprint density at radius 2 is 0.469 bits per heavy atom. The summed E-state index contributed by atoms with van der Waals surface area (Å²) < 4.78 is 0. The summed E-state index contributed by atoms with van der Waals surface area (Å²) in [6.07, 6.45) is -2.98. The lowest BCUT2D eigenvalue weighted by Gasteiger charge is -1.96. The maximum absolute atomic E-state index is 8.40. The second-order valence-corrected chi connectivity index (χ2v) is 10.2. The molecular weight excluding hydrogens is 914 g/mol. The zero-order valence-electron chi connectivity index (χ0n) is 26.0. The van der Waals surface area contributed by atoms with E-state index >= 15 is 0 Å². The molecule has 28 heteroatoms. The molecule has 17 nitrogen and oxygen atoms in total. The summed E-state index contributed by atoms with van der Waals surface area (Å²) in [6, 6.07) is 0. The molecule has 21 N–H and O–H groups in total. The fraction of sp³-hybridized carbons (Fsp3) is 1.00. The topological polar surface area (TPSA) is 389 Å². The Morgan fingerprint density at radius 3 is 0.469 bits per heavy atom. The van der Waals surface area contributed by atoms with Crippen molar-refractivity contribution in [1.82, 2.24) is 0 Å². The minimum atomic E-state index is -0.954. The van der Waals surface area contributed by atoms with Crippen molar-refractivity contribution in [3.05, 3.63) is 0 Å². The number of alkyl halides is 8. The first-order chi connectivity index (χ1) is 19.7. The summed E-state index contributed by atoms with van der Waals surface area (Å²) in [5.74, 6) is 0.984. The van der Waals surface area contributed by atoms with Crippen LogP contribution in [0.1, 0.15) is 0 Å². The molecule has 0 fully saturated rings. The van der Waals surface area contributed by atoms with Gasteiger partial charge < -0.3 is 88.3 Å². The number of hydrogen-bond acceptors (Lipinski definition) is 13. The van der Waals surface area contributed by atoms with E-state index in [2.05, 4.69) is 0 Å². The summed E-state index contributed by atoms with van der Waals surface area (Å²) in [7, 11) is 0. The lowest BCUT2D eigenvalue weighted by molar-refractivity contribution is 0.0450. The van der Waals surface area contributed by atoms with Gasteiger partial charge in [0.25, 0.3) is 0 Å². The highest BCUT2D eigenvalue weighted by molar-refractivity contribution is 6.28. The van der Waals surface area contributed by atoms with E-state index in [-0.39, 0.29) is 147 Å². The molecule has 0 saturated heterocycles. The van der Waals surface area contributed by atoms with Crippen LogP contribution in [-0.2, 0) is 0 Å². The van der Waals surface area contributed by atoms with Crippen molar-refractivity contribution < 1.29 is 88.3 Å². The summed E-state index contributed by atoms with van der Waals surface area (Å²) in [5.41, 5.74) is 0. The molecule has 0 heterocycles. The van der Waals surface area contributed by atoms with E-state index in [1.165, 1.54) is 0 Å². The minimum absolute atomic E-state index is 0. The summed E-state index contributed by atoms with van der Waals surface area (Å²) in [5, 5.41) is 104. The van der Waals surface area contributed by atoms with Gasteiger partial charge in [-0.2, -0.15) is 0 Å². The quantitative estimate of drug-likeness (QED) is 0.0746. The number of hydrogen-bond donors (Lipinski definition) is 13. The molecule has 0 aromatic carbocycles. The van der Waals surface area contributed by atoms with Crippen molar-refractivity contribution in [2.75, 3.05) is 88.9 Å². The number of rotatable bonds is 14. The van der Waals surface area contributed by atoms with Crippen molar-refractivity contribution >= 4 is 130 Å². The molecule has 0 rings (SSSR count). The summed E-state index contributed by atoms with van der Waals surface area (Å²) >= 11 is 41.0. The van der Waals surface area contributed by atoms with Gasteiger partial charge in [0.15, 0.2) is 0 Å². The standard InChI is InChI=1S/2C3H6Cl2O.4C3H7ClO2.C3H8O3.3ClH.4H2O/c4-1-3(5)2-6;4-1-3(6)2-5;2*4-3(1-5)2-6;3*4-1-3(6)2-5;;;;;;;/h2*3,6H,1-2H2;4*3,5-6H,1-2H2;3-6H,1-2H2;3*1H;4*1H2. The largest absolute Gasteiger partial charge is 0.412 e. The zero-order valence-corrected chi connectivity index (χ0v) is 34.5. The molecule has 0 aromatic heterocycles. The molecule has 3 atom stereocenters. The summed E-state index contributed by atoms with van der Waals surface area (Å²) in [4.78, 5) is 0. The monoisotopic (exact) mass is 968 g/mol. The molecule has 322 valence electrons. The third kappa shape index (κ3) is 128. The van der Waals surface area contributed by atoms with Crippen molar-refractivity contribution in [1.29, 1.82) is 0 Å². The van der Waals surface area contributed by atoms with Gasteiger partial charge in [0.1, 0.15) is 6.10 Å². The third-order valence-corrected chi connectivity index (χ3v) is 5.51. The molecule has 0 aliphatic heterocycles. The number of halogens is 11. The normalized spacial score (nSPS) is 10.2. The second-order valence-electron chi connectivity index (χ2n) is 6.82. The van der Waals surface area contributed by atoms with E-state index in [4.69, 9.17) is 159 Å². The van der Waals surface area contributed by atoms with Crippen molar-refractivity contribution in [2.24, 2.45) is 0 Å². The fourth-order valence-electron chi connectivity index (χ4n) is 0.361. The van der Waals surface area contributed by atoms with Crippen LogP contribution >= 0.6 is 130 Å². The molecular formula is C21H59Cl11O17. The highest BCUT2D eigenvalue weighted by Crippen LogP contribution is 1.94. The lowest BCUT2D eigenvalue weighted by atomic mass is 10.4. The predicted molar refractivity (Wildman–Crippen MR) is 207 cm³/mol. The smallest absolute Gasteiger partial charge is 0.100 e. The Hall–Kier alpha value is 2.51. The van der Waals surface area contributed by atoms with E-state index in [9.17, 15) is 0 Å². The van der Waals surface area contributed by atoms with Crippen LogP contribution in [0.15, 0.2) is 0 Å². The van der Waals surface area contributed by atoms with Crippen LogP contribution in [0, 0.1) is 0 Å². The van der Waals surface area contributed by atoms with E-state index in [0.29, 0.717) is 5.88 Å². The maximum Gasteiger partial charge on any atom is 0.100 e. The van der Waals surface area contributed by atoms with Gasteiger partial charge in [-0.25, -0.2) is 0 Å². The van der Waals surface area contributed by atoms with Crippen LogP contribution in [0.3, 0.4) is 0 Å².